The van der Waals surface area contributed by atoms with Crippen molar-refractivity contribution in [3.8, 4) is 0 Å². The number of aliphatic hydroxyl groups is 12. The largest absolute Gasteiger partial charge is 0.394 e. The SMILES string of the molecule is CC(=O)NC1C(OCCOCCn2cc(CN(CCCC[C@H](C(=O)NCCSSc3ccccn3)N(Cc3cn(CCOCCOC4OC(CO)C(O)C(O)C4NC(C)=O)nn3)Cc3cn(CCOCCOC4OC(CO)C(O)C(O)C4NC(C)=O)nn3)Cc3cn(CCOCCOC4OC(CO)C(O)C(O)C4NC(C)=O)nn3)nn2)OC(CO)C(O)C1O. The van der Waals surface area contributed by atoms with E-state index in [9.17, 15) is 80.5 Å². The van der Waals surface area contributed by atoms with E-state index in [1.165, 1.54) is 49.3 Å². The van der Waals surface area contributed by atoms with E-state index < -0.39 is 179 Å². The Morgan fingerprint density at radius 2 is 0.774 bits per heavy atom. The van der Waals surface area contributed by atoms with Gasteiger partial charge in [0.25, 0.3) is 0 Å². The molecule has 0 saturated carbocycles. The molecule has 9 rings (SSSR count). The molecule has 0 aromatic carbocycles. The number of unbranched alkanes of at least 4 members (excludes halogenated alkanes) is 1. The number of hydrogen-bond acceptors (Lipinski definition) is 42. The molecular weight excluding hydrogens is 1690 g/mol. The van der Waals surface area contributed by atoms with Crippen LogP contribution in [-0.2, 0) is 133 Å². The lowest BCUT2D eigenvalue weighted by molar-refractivity contribution is -0.272. The maximum absolute atomic E-state index is 15.1. The van der Waals surface area contributed by atoms with E-state index in [4.69, 9.17) is 56.8 Å². The van der Waals surface area contributed by atoms with Gasteiger partial charge in [0.15, 0.2) is 25.2 Å². The van der Waals surface area contributed by atoms with Gasteiger partial charge in [-0.3, -0.25) is 33.8 Å². The molecule has 4 fully saturated rings. The average Bonchev–Trinajstić information content (AvgIpc) is 1.11. The van der Waals surface area contributed by atoms with Gasteiger partial charge in [-0.2, -0.15) is 0 Å². The number of ether oxygens (including phenoxy) is 12. The quantitative estimate of drug-likeness (QED) is 0.0127. The van der Waals surface area contributed by atoms with Crippen LogP contribution in [0.2, 0.25) is 0 Å². The van der Waals surface area contributed by atoms with Crippen molar-refractivity contribution in [3.05, 3.63) is 72.0 Å². The molecule has 21 atom stereocenters. The summed E-state index contributed by atoms with van der Waals surface area (Å²) in [6.45, 7) is 5.32. The van der Waals surface area contributed by atoms with Crippen LogP contribution in [0.3, 0.4) is 0 Å². The minimum atomic E-state index is -1.50. The summed E-state index contributed by atoms with van der Waals surface area (Å²) >= 11 is 0. The van der Waals surface area contributed by atoms with Crippen LogP contribution in [-0.4, -0.2) is 419 Å². The van der Waals surface area contributed by atoms with E-state index >= 15 is 4.79 Å². The number of aliphatic hydroxyl groups excluding tert-OH is 12. The van der Waals surface area contributed by atoms with Gasteiger partial charge in [-0.1, -0.05) is 44.1 Å². The van der Waals surface area contributed by atoms with Crippen LogP contribution in [0, 0.1) is 0 Å². The Morgan fingerprint density at radius 3 is 1.08 bits per heavy atom. The average molecular weight is 1800 g/mol. The lowest BCUT2D eigenvalue weighted by Gasteiger charge is -2.42. The number of nitrogens with zero attached hydrogens (tertiary/aromatic N) is 15. The summed E-state index contributed by atoms with van der Waals surface area (Å²) in [6, 6.07) is 0.222. The van der Waals surface area contributed by atoms with Gasteiger partial charge in [-0.05, 0) is 42.3 Å². The summed E-state index contributed by atoms with van der Waals surface area (Å²) in [5.41, 5.74) is 2.12. The molecule has 5 aromatic rings. The number of amides is 5. The summed E-state index contributed by atoms with van der Waals surface area (Å²) in [6.07, 6.45) is -11.5. The highest BCUT2D eigenvalue weighted by Gasteiger charge is 2.49. The summed E-state index contributed by atoms with van der Waals surface area (Å²) in [7, 11) is 2.99. The van der Waals surface area contributed by atoms with E-state index in [0.717, 1.165) is 5.03 Å². The minimum Gasteiger partial charge on any atom is -0.394 e. The molecular formula is C73H118N20O29S2. The fourth-order valence-corrected chi connectivity index (χ4v) is 15.6. The Morgan fingerprint density at radius 1 is 0.444 bits per heavy atom. The van der Waals surface area contributed by atoms with Gasteiger partial charge in [-0.25, -0.2) is 23.7 Å². The molecule has 5 aromatic heterocycles. The Kier molecular flexibility index (Phi) is 42.8. The van der Waals surface area contributed by atoms with E-state index in [1.54, 1.807) is 49.7 Å². The van der Waals surface area contributed by atoms with Gasteiger partial charge >= 0.3 is 0 Å². The van der Waals surface area contributed by atoms with Crippen molar-refractivity contribution in [3.63, 3.8) is 0 Å². The van der Waals surface area contributed by atoms with E-state index in [2.05, 4.69) is 77.7 Å². The van der Waals surface area contributed by atoms with Crippen LogP contribution in [0.25, 0.3) is 0 Å². The maximum Gasteiger partial charge on any atom is 0.237 e. The molecule has 4 aliphatic rings. The lowest BCUT2D eigenvalue weighted by Crippen LogP contribution is -2.64. The zero-order valence-corrected chi connectivity index (χ0v) is 70.9. The first-order chi connectivity index (χ1) is 59.8. The van der Waals surface area contributed by atoms with Crippen molar-refractivity contribution in [2.24, 2.45) is 0 Å². The predicted octanol–water partition coefficient (Wildman–Crippen LogP) is -8.84. The summed E-state index contributed by atoms with van der Waals surface area (Å²) in [5.74, 6) is -1.79. The van der Waals surface area contributed by atoms with Crippen LogP contribution in [0.4, 0.5) is 0 Å². The number of carbonyl (C=O) groups excluding carboxylic acids is 5. The molecule has 5 amide bonds. The first kappa shape index (κ1) is 100. The van der Waals surface area contributed by atoms with Crippen molar-refractivity contribution in [1.29, 1.82) is 0 Å². The van der Waals surface area contributed by atoms with Crippen molar-refractivity contribution in [1.82, 2.24) is 101 Å². The highest BCUT2D eigenvalue weighted by Crippen LogP contribution is 2.30. The summed E-state index contributed by atoms with van der Waals surface area (Å²) in [5, 5.41) is 173. The molecule has 0 radical (unpaired) electrons. The fourth-order valence-electron chi connectivity index (χ4n) is 13.8. The zero-order chi connectivity index (χ0) is 89.0. The van der Waals surface area contributed by atoms with Gasteiger partial charge in [0.2, 0.25) is 29.5 Å². The van der Waals surface area contributed by atoms with E-state index in [1.807, 2.05) is 23.1 Å². The molecule has 0 spiro atoms. The highest BCUT2D eigenvalue weighted by molar-refractivity contribution is 8.76. The van der Waals surface area contributed by atoms with Crippen LogP contribution in [0.1, 0.15) is 69.7 Å². The van der Waals surface area contributed by atoms with Crippen molar-refractivity contribution < 1.29 is 142 Å². The Balaban J connectivity index is 0.881. The van der Waals surface area contributed by atoms with Gasteiger partial charge in [0.1, 0.15) is 102 Å². The van der Waals surface area contributed by atoms with Gasteiger partial charge < -0.3 is 145 Å². The molecule has 4 saturated heterocycles. The Labute approximate surface area is 721 Å². The second kappa shape index (κ2) is 52.9. The van der Waals surface area contributed by atoms with Crippen molar-refractivity contribution in [2.75, 3.05) is 125 Å². The first-order valence-electron chi connectivity index (χ1n) is 40.7. The summed E-state index contributed by atoms with van der Waals surface area (Å²) in [4.78, 5) is 71.5. The standard InChI is InChI=1S/C73H118N20O29S2/c1-43(98)76-57-65(106)61(102)52(39-94)119-70(57)115-26-22-111-18-14-90-35-47(80-84-90)31-88(32-48-36-91(85-81-48)15-19-112-23-27-116-71-58(77-44(2)99)66(107)62(103)53(40-95)120-71)13-8-6-9-51(69(110)75-12-30-123-124-56-10-5-7-11-74-56)89(33-49-37-92(86-82-49)16-20-113-24-28-117-72-59(78-45(3)100)67(108)63(104)54(41-96)121-72)34-50-38-93(87-83-50)17-21-114-25-29-118-73-60(79-46(4)101)68(109)64(105)55(42-97)122-73/h5,7,10-11,35-38,51-55,57-68,70-73,94-97,102-109H,6,8-9,12-34,39-42H2,1-4H3,(H,75,110)(H,76,98)(H,77,99)(H,78,100)(H,79,101)/t51-,52?,53?,54?,55?,57?,58?,59?,60?,61?,62?,63?,64?,65?,66?,67?,68?,70?,71?,72?,73?/m1/s1. The molecule has 0 aliphatic carbocycles. The maximum atomic E-state index is 15.1. The molecule has 4 aliphatic heterocycles. The number of pyridine rings is 1. The van der Waals surface area contributed by atoms with Gasteiger partial charge in [0.05, 0.1) is 161 Å². The van der Waals surface area contributed by atoms with Crippen molar-refractivity contribution in [2.45, 2.75) is 233 Å². The van der Waals surface area contributed by atoms with E-state index in [-0.39, 0.29) is 144 Å². The predicted molar refractivity (Wildman–Crippen MR) is 425 cm³/mol. The number of rotatable bonds is 56. The van der Waals surface area contributed by atoms with Gasteiger partial charge in [-0.15, -0.1) is 20.4 Å². The third kappa shape index (κ3) is 31.9. The monoisotopic (exact) mass is 1800 g/mol. The molecule has 17 N–H and O–H groups in total. The third-order valence-corrected chi connectivity index (χ3v) is 22.2. The first-order valence-corrected chi connectivity index (χ1v) is 43.0. The molecule has 124 heavy (non-hydrogen) atoms. The number of aromatic nitrogens is 13. The number of nitrogens with one attached hydrogen (secondary N) is 5. The van der Waals surface area contributed by atoms with Crippen LogP contribution >= 0.6 is 21.6 Å². The lowest BCUT2D eigenvalue weighted by atomic mass is 9.97. The Hall–Kier alpha value is -7.28. The van der Waals surface area contributed by atoms with E-state index in [0.29, 0.717) is 54.3 Å². The van der Waals surface area contributed by atoms with Crippen LogP contribution in [0.15, 0.2) is 54.2 Å². The molecule has 49 nitrogen and oxygen atoms in total. The summed E-state index contributed by atoms with van der Waals surface area (Å²) < 4.78 is 75.7. The molecule has 0 bridgehead atoms. The molecule has 20 unspecified atom stereocenters. The molecule has 51 heteroatoms. The zero-order valence-electron chi connectivity index (χ0n) is 69.3. The number of hydrogen-bond donors (Lipinski definition) is 17. The highest BCUT2D eigenvalue weighted by atomic mass is 33.1. The molecule has 696 valence electrons. The number of carbonyl (C=O) groups is 5. The van der Waals surface area contributed by atoms with Crippen molar-refractivity contribution >= 4 is 51.1 Å². The van der Waals surface area contributed by atoms with Crippen LogP contribution in [0.5, 0.6) is 0 Å². The van der Waals surface area contributed by atoms with Crippen LogP contribution < -0.4 is 26.6 Å². The normalized spacial score (nSPS) is 26.9. The third-order valence-electron chi connectivity index (χ3n) is 20.0. The second-order valence-electron chi connectivity index (χ2n) is 29.5. The smallest absolute Gasteiger partial charge is 0.237 e. The Bertz CT molecular complexity index is 3730. The second-order valence-corrected chi connectivity index (χ2v) is 32.0. The fraction of sp³-hybridized carbons (Fsp3) is 0.753. The van der Waals surface area contributed by atoms with Gasteiger partial charge in [0, 0.05) is 97.2 Å². The minimum absolute atomic E-state index is 0.0241. The molecule has 9 heterocycles. The topological polar surface area (TPSA) is 641 Å².